The monoisotopic (exact) mass is 783 g/mol. The van der Waals surface area contributed by atoms with E-state index in [0.29, 0.717) is 0 Å². The summed E-state index contributed by atoms with van der Waals surface area (Å²) < 4.78 is 1.28. The predicted octanol–water partition coefficient (Wildman–Crippen LogP) is 15.9. The van der Waals surface area contributed by atoms with Crippen LogP contribution in [0.3, 0.4) is 0 Å². The normalized spacial score (nSPS) is 14.1. The van der Waals surface area contributed by atoms with Gasteiger partial charge in [0.25, 0.3) is 0 Å². The number of rotatable bonds is 5. The molecule has 9 aromatic carbocycles. The highest BCUT2D eigenvalue weighted by Gasteiger charge is 2.53. The predicted molar refractivity (Wildman–Crippen MR) is 254 cm³/mol. The fraction of sp³-hybridized carbons (Fsp3) is 0.0690. The van der Waals surface area contributed by atoms with Crippen LogP contribution >= 0.6 is 11.3 Å². The van der Waals surface area contributed by atoms with Crippen LogP contribution in [0.25, 0.3) is 53.6 Å². The van der Waals surface area contributed by atoms with E-state index in [0.717, 1.165) is 11.4 Å². The summed E-state index contributed by atoms with van der Waals surface area (Å²) in [6.45, 7) is 4.78. The number of hydrogen-bond acceptors (Lipinski definition) is 2. The van der Waals surface area contributed by atoms with Crippen molar-refractivity contribution in [2.75, 3.05) is 4.90 Å². The van der Waals surface area contributed by atoms with Crippen molar-refractivity contribution in [2.24, 2.45) is 0 Å². The Balaban J connectivity index is 1.07. The molecular weight excluding hydrogens is 743 g/mol. The van der Waals surface area contributed by atoms with Crippen molar-refractivity contribution in [3.05, 3.63) is 246 Å². The van der Waals surface area contributed by atoms with Gasteiger partial charge >= 0.3 is 0 Å². The van der Waals surface area contributed by atoms with Gasteiger partial charge < -0.3 is 4.90 Å². The molecule has 2 aliphatic carbocycles. The van der Waals surface area contributed by atoms with Crippen molar-refractivity contribution in [1.82, 2.24) is 0 Å². The zero-order valence-corrected chi connectivity index (χ0v) is 34.4. The second-order valence-corrected chi connectivity index (χ2v) is 17.9. The molecule has 0 fully saturated rings. The molecule has 1 aromatic heterocycles. The van der Waals surface area contributed by atoms with E-state index < -0.39 is 5.41 Å². The van der Waals surface area contributed by atoms with Crippen LogP contribution in [-0.2, 0) is 10.8 Å². The van der Waals surface area contributed by atoms with Gasteiger partial charge in [-0.15, -0.1) is 11.3 Å². The zero-order valence-electron chi connectivity index (χ0n) is 33.6. The molecule has 0 radical (unpaired) electrons. The molecule has 0 unspecified atom stereocenters. The maximum absolute atomic E-state index is 2.51. The van der Waals surface area contributed by atoms with E-state index in [9.17, 15) is 0 Å². The van der Waals surface area contributed by atoms with Crippen LogP contribution in [0.15, 0.2) is 212 Å². The third-order valence-electron chi connectivity index (χ3n) is 13.3. The first-order chi connectivity index (χ1) is 29.5. The lowest BCUT2D eigenvalue weighted by Crippen LogP contribution is -2.40. The van der Waals surface area contributed by atoms with Crippen molar-refractivity contribution >= 4 is 49.3 Å². The van der Waals surface area contributed by atoms with E-state index in [4.69, 9.17) is 0 Å². The Morgan fingerprint density at radius 1 is 0.383 bits per heavy atom. The highest BCUT2D eigenvalue weighted by molar-refractivity contribution is 7.22. The number of thiophene rings is 1. The van der Waals surface area contributed by atoms with E-state index >= 15 is 0 Å². The summed E-state index contributed by atoms with van der Waals surface area (Å²) in [5.74, 6) is 0. The number of hydrogen-bond donors (Lipinski definition) is 0. The minimum atomic E-state index is -0.473. The molecule has 1 heterocycles. The fourth-order valence-corrected chi connectivity index (χ4v) is 11.8. The summed E-state index contributed by atoms with van der Waals surface area (Å²) in [4.78, 5) is 3.79. The molecule has 2 aliphatic rings. The lowest BCUT2D eigenvalue weighted by molar-refractivity contribution is 0.563. The van der Waals surface area contributed by atoms with Crippen LogP contribution in [0.4, 0.5) is 17.1 Å². The number of fused-ring (bicyclic) bond motifs is 11. The van der Waals surface area contributed by atoms with Crippen molar-refractivity contribution in [3.8, 4) is 32.7 Å². The van der Waals surface area contributed by atoms with Gasteiger partial charge in [0.2, 0.25) is 0 Å². The highest BCUT2D eigenvalue weighted by atomic mass is 32.1. The van der Waals surface area contributed by atoms with Crippen molar-refractivity contribution < 1.29 is 0 Å². The minimum absolute atomic E-state index is 0.150. The van der Waals surface area contributed by atoms with E-state index in [1.165, 1.54) is 92.6 Å². The SMILES string of the molecule is CC1(C)c2ccccc2C2(c3ccccc3-c3c(N(c4ccccc4)c4ccccc4-c4ccc5cc(-c6ccc7ccccc7c6)sc5c4)cccc32)c2ccccc21. The van der Waals surface area contributed by atoms with Gasteiger partial charge in [-0.05, 0) is 109 Å². The smallest absolute Gasteiger partial charge is 0.0720 e. The van der Waals surface area contributed by atoms with Gasteiger partial charge in [0, 0.05) is 31.8 Å². The van der Waals surface area contributed by atoms with Gasteiger partial charge in [0.15, 0.2) is 0 Å². The fourth-order valence-electron chi connectivity index (χ4n) is 10.7. The molecular formula is C58H41NS. The van der Waals surface area contributed by atoms with Gasteiger partial charge in [-0.25, -0.2) is 0 Å². The number of nitrogens with zero attached hydrogens (tertiary/aromatic N) is 1. The van der Waals surface area contributed by atoms with Crippen molar-refractivity contribution in [1.29, 1.82) is 0 Å². The van der Waals surface area contributed by atoms with Crippen LogP contribution in [-0.4, -0.2) is 0 Å². The molecule has 2 heteroatoms. The summed E-state index contributed by atoms with van der Waals surface area (Å²) >= 11 is 1.87. The molecule has 0 amide bonds. The minimum Gasteiger partial charge on any atom is -0.309 e. The van der Waals surface area contributed by atoms with Gasteiger partial charge in [-0.1, -0.05) is 184 Å². The summed E-state index contributed by atoms with van der Waals surface area (Å²) in [5, 5.41) is 3.80. The Kier molecular flexibility index (Phi) is 7.73. The van der Waals surface area contributed by atoms with Crippen LogP contribution in [0.1, 0.15) is 47.2 Å². The number of anilines is 3. The Hall–Kier alpha value is -7.00. The third kappa shape index (κ3) is 4.98. The Morgan fingerprint density at radius 3 is 1.72 bits per heavy atom. The van der Waals surface area contributed by atoms with Gasteiger partial charge in [0.1, 0.15) is 0 Å². The summed E-state index contributed by atoms with van der Waals surface area (Å²) in [5.41, 5.74) is 17.2. The summed E-state index contributed by atoms with van der Waals surface area (Å²) in [6.07, 6.45) is 0. The number of para-hydroxylation sites is 2. The Morgan fingerprint density at radius 2 is 0.950 bits per heavy atom. The van der Waals surface area contributed by atoms with Crippen molar-refractivity contribution in [3.63, 3.8) is 0 Å². The molecule has 0 saturated carbocycles. The van der Waals surface area contributed by atoms with Crippen molar-refractivity contribution in [2.45, 2.75) is 24.7 Å². The maximum atomic E-state index is 2.51. The lowest BCUT2D eigenvalue weighted by Gasteiger charge is -2.46. The molecule has 1 spiro atoms. The first-order valence-corrected chi connectivity index (χ1v) is 21.7. The molecule has 1 nitrogen and oxygen atoms in total. The Labute approximate surface area is 355 Å². The third-order valence-corrected chi connectivity index (χ3v) is 14.5. The zero-order chi connectivity index (χ0) is 40.0. The van der Waals surface area contributed by atoms with Gasteiger partial charge in [-0.3, -0.25) is 0 Å². The van der Waals surface area contributed by atoms with E-state index in [1.54, 1.807) is 0 Å². The van der Waals surface area contributed by atoms with Crippen LogP contribution in [0, 0.1) is 0 Å². The largest absolute Gasteiger partial charge is 0.309 e. The first-order valence-electron chi connectivity index (χ1n) is 20.9. The first kappa shape index (κ1) is 35.0. The van der Waals surface area contributed by atoms with E-state index in [-0.39, 0.29) is 5.41 Å². The van der Waals surface area contributed by atoms with Gasteiger partial charge in [0.05, 0.1) is 16.8 Å². The summed E-state index contributed by atoms with van der Waals surface area (Å²) in [7, 11) is 0. The molecule has 60 heavy (non-hydrogen) atoms. The van der Waals surface area contributed by atoms with Gasteiger partial charge in [-0.2, -0.15) is 0 Å². The average molecular weight is 784 g/mol. The highest BCUT2D eigenvalue weighted by Crippen LogP contribution is 2.64. The molecule has 284 valence electrons. The number of benzene rings is 9. The van der Waals surface area contributed by atoms with Crippen LogP contribution < -0.4 is 4.90 Å². The quantitative estimate of drug-likeness (QED) is 0.168. The summed E-state index contributed by atoms with van der Waals surface area (Å²) in [6, 6.07) is 79.2. The van der Waals surface area contributed by atoms with Crippen LogP contribution in [0.2, 0.25) is 0 Å². The average Bonchev–Trinajstić information content (AvgIpc) is 3.87. The lowest BCUT2D eigenvalue weighted by atomic mass is 9.55. The topological polar surface area (TPSA) is 3.24 Å². The molecule has 0 atom stereocenters. The molecule has 0 saturated heterocycles. The standard InChI is InChI=1S/C58H41NS/c1-57(2)47-24-11-13-26-49(47)58(50-27-14-12-25-48(50)57)46-23-10-8-22-45(46)56-51(58)28-16-30-53(56)59(43-19-4-3-5-20-43)52-29-15-9-21-44(52)40-32-34-42-37-55(60-54(42)36-40)41-33-31-38-17-6-7-18-39(38)35-41/h3-37H,1-2H3. The maximum Gasteiger partial charge on any atom is 0.0720 e. The second-order valence-electron chi connectivity index (χ2n) is 16.8. The Bertz CT molecular complexity index is 3260. The van der Waals surface area contributed by atoms with Crippen LogP contribution in [0.5, 0.6) is 0 Å². The molecule has 0 N–H and O–H groups in total. The van der Waals surface area contributed by atoms with E-state index in [2.05, 4.69) is 231 Å². The molecule has 12 rings (SSSR count). The molecule has 10 aromatic rings. The van der Waals surface area contributed by atoms with E-state index in [1.807, 2.05) is 11.3 Å². The second kappa shape index (κ2) is 13.3. The molecule has 0 aliphatic heterocycles. The molecule has 0 bridgehead atoms.